The smallest absolute Gasteiger partial charge is 0.339 e. The maximum absolute atomic E-state index is 6.12. The zero-order valence-corrected chi connectivity index (χ0v) is 13.1. The van der Waals surface area contributed by atoms with Crippen LogP contribution in [0.4, 0.5) is 0 Å². The van der Waals surface area contributed by atoms with E-state index in [-0.39, 0.29) is 5.56 Å². The minimum absolute atomic E-state index is 0.192. The molecule has 0 N–H and O–H groups in total. The number of alkyl halides is 1. The summed E-state index contributed by atoms with van der Waals surface area (Å²) in [6, 6.07) is 2.02. The van der Waals surface area contributed by atoms with E-state index in [1.165, 1.54) is 0 Å². The molecule has 4 heteroatoms. The molecule has 0 aromatic rings. The van der Waals surface area contributed by atoms with Gasteiger partial charge in [-0.05, 0) is 30.8 Å². The summed E-state index contributed by atoms with van der Waals surface area (Å²) >= 11 is 6.12. The van der Waals surface area contributed by atoms with E-state index in [9.17, 15) is 0 Å². The van der Waals surface area contributed by atoms with Crippen LogP contribution in [0.25, 0.3) is 0 Å². The maximum atomic E-state index is 6.12. The number of hydrogen-bond donors (Lipinski definition) is 0. The highest BCUT2D eigenvalue weighted by Gasteiger charge is 2.38. The molecule has 0 saturated carbocycles. The molecule has 2 nitrogen and oxygen atoms in total. The lowest BCUT2D eigenvalue weighted by Gasteiger charge is -2.33. The van der Waals surface area contributed by atoms with Gasteiger partial charge in [-0.25, -0.2) is 0 Å². The van der Waals surface area contributed by atoms with Gasteiger partial charge < -0.3 is 8.85 Å². The second-order valence-electron chi connectivity index (χ2n) is 4.65. The van der Waals surface area contributed by atoms with Crippen LogP contribution in [0, 0.1) is 5.92 Å². The second-order valence-corrected chi connectivity index (χ2v) is 8.59. The first-order chi connectivity index (χ1) is 7.49. The van der Waals surface area contributed by atoms with Gasteiger partial charge in [-0.1, -0.05) is 46.2 Å². The Balaban J connectivity index is 4.52. The predicted octanol–water partition coefficient (Wildman–Crippen LogP) is 4.52. The van der Waals surface area contributed by atoms with E-state index in [1.807, 2.05) is 6.92 Å². The van der Waals surface area contributed by atoms with Gasteiger partial charge in [0.05, 0.1) is 0 Å². The average Bonchev–Trinajstić information content (AvgIpc) is 2.25. The van der Waals surface area contributed by atoms with E-state index in [0.29, 0.717) is 5.92 Å². The van der Waals surface area contributed by atoms with Gasteiger partial charge in [0.1, 0.15) is 5.56 Å². The summed E-state index contributed by atoms with van der Waals surface area (Å²) in [6.07, 6.45) is 1.87. The molecule has 0 heterocycles. The third kappa shape index (κ3) is 6.23. The normalized spacial score (nSPS) is 17.4. The molecular formula is C12H27ClO2Si. The monoisotopic (exact) mass is 266 g/mol. The highest BCUT2D eigenvalue weighted by Crippen LogP contribution is 2.27. The molecule has 0 aliphatic heterocycles. The molecule has 0 aliphatic carbocycles. The Labute approximate surface area is 107 Å². The van der Waals surface area contributed by atoms with Crippen LogP contribution in [0.2, 0.25) is 12.1 Å². The number of halogens is 1. The van der Waals surface area contributed by atoms with E-state index in [1.54, 1.807) is 0 Å². The number of hydrogen-bond acceptors (Lipinski definition) is 2. The van der Waals surface area contributed by atoms with E-state index >= 15 is 0 Å². The van der Waals surface area contributed by atoms with E-state index < -0.39 is 8.56 Å². The van der Waals surface area contributed by atoms with Crippen molar-refractivity contribution in [2.75, 3.05) is 6.61 Å². The van der Waals surface area contributed by atoms with E-state index in [4.69, 9.17) is 20.5 Å². The third-order valence-electron chi connectivity index (χ3n) is 2.49. The molecule has 16 heavy (non-hydrogen) atoms. The number of rotatable bonds is 9. The highest BCUT2D eigenvalue weighted by atomic mass is 35.5. The van der Waals surface area contributed by atoms with Crippen molar-refractivity contribution in [3.05, 3.63) is 0 Å². The van der Waals surface area contributed by atoms with E-state index in [0.717, 1.165) is 31.5 Å². The maximum Gasteiger partial charge on any atom is 0.339 e. The summed E-state index contributed by atoms with van der Waals surface area (Å²) in [4.78, 5) is 0. The Morgan fingerprint density at radius 2 is 1.81 bits per heavy atom. The van der Waals surface area contributed by atoms with Crippen molar-refractivity contribution in [2.45, 2.75) is 65.1 Å². The molecule has 0 amide bonds. The van der Waals surface area contributed by atoms with Crippen LogP contribution in [-0.2, 0) is 8.85 Å². The first-order valence-electron chi connectivity index (χ1n) is 6.45. The molecule has 0 fully saturated rings. The van der Waals surface area contributed by atoms with Crippen LogP contribution in [0.5, 0.6) is 0 Å². The largest absolute Gasteiger partial charge is 0.394 e. The van der Waals surface area contributed by atoms with Gasteiger partial charge in [0.25, 0.3) is 0 Å². The summed E-state index contributed by atoms with van der Waals surface area (Å²) in [5, 5.41) is 0. The Bertz CT molecular complexity index is 178. The van der Waals surface area contributed by atoms with Crippen LogP contribution >= 0.6 is 11.6 Å². The standard InChI is InChI=1S/C12H27ClO2Si/c1-6-9-14-16(8-3,10-11(4)5)15-12(13)7-2/h11-12H,6-10H2,1-5H3. The molecule has 0 bridgehead atoms. The third-order valence-corrected chi connectivity index (χ3v) is 7.00. The Morgan fingerprint density at radius 1 is 1.19 bits per heavy atom. The van der Waals surface area contributed by atoms with Crippen molar-refractivity contribution in [2.24, 2.45) is 5.92 Å². The molecule has 2 unspecified atom stereocenters. The lowest BCUT2D eigenvalue weighted by molar-refractivity contribution is 0.147. The van der Waals surface area contributed by atoms with Crippen molar-refractivity contribution in [1.29, 1.82) is 0 Å². The lowest BCUT2D eigenvalue weighted by Crippen LogP contribution is -2.44. The summed E-state index contributed by atoms with van der Waals surface area (Å²) in [5.74, 6) is 0.601. The van der Waals surface area contributed by atoms with Crippen molar-refractivity contribution >= 4 is 20.2 Å². The van der Waals surface area contributed by atoms with Gasteiger partial charge in [0.2, 0.25) is 0 Å². The fourth-order valence-electron chi connectivity index (χ4n) is 1.70. The molecule has 0 saturated heterocycles. The zero-order chi connectivity index (χ0) is 12.6. The Hall–Kier alpha value is 0.427. The molecule has 2 atom stereocenters. The quantitative estimate of drug-likeness (QED) is 0.451. The van der Waals surface area contributed by atoms with Crippen LogP contribution in [0.1, 0.15) is 47.5 Å². The summed E-state index contributed by atoms with van der Waals surface area (Å²) < 4.78 is 12.1. The second kappa shape index (κ2) is 8.51. The summed E-state index contributed by atoms with van der Waals surface area (Å²) in [6.45, 7) is 11.5. The van der Waals surface area contributed by atoms with Crippen LogP contribution in [-0.4, -0.2) is 20.7 Å². The first-order valence-corrected chi connectivity index (χ1v) is 9.12. The topological polar surface area (TPSA) is 18.5 Å². The van der Waals surface area contributed by atoms with Gasteiger partial charge in [-0.15, -0.1) is 0 Å². The average molecular weight is 267 g/mol. The molecule has 0 spiro atoms. The van der Waals surface area contributed by atoms with Gasteiger partial charge >= 0.3 is 8.56 Å². The fraction of sp³-hybridized carbons (Fsp3) is 1.00. The van der Waals surface area contributed by atoms with Gasteiger partial charge in [0.15, 0.2) is 0 Å². The van der Waals surface area contributed by atoms with Crippen molar-refractivity contribution in [1.82, 2.24) is 0 Å². The Kier molecular flexibility index (Phi) is 8.73. The van der Waals surface area contributed by atoms with Gasteiger partial charge in [-0.2, -0.15) is 0 Å². The fourth-order valence-corrected chi connectivity index (χ4v) is 5.58. The van der Waals surface area contributed by atoms with Crippen molar-refractivity contribution < 1.29 is 8.85 Å². The predicted molar refractivity (Wildman–Crippen MR) is 73.1 cm³/mol. The molecular weight excluding hydrogens is 240 g/mol. The van der Waals surface area contributed by atoms with Gasteiger partial charge in [-0.3, -0.25) is 0 Å². The highest BCUT2D eigenvalue weighted by molar-refractivity contribution is 6.67. The van der Waals surface area contributed by atoms with Crippen LogP contribution in [0.15, 0.2) is 0 Å². The minimum Gasteiger partial charge on any atom is -0.394 e. The molecule has 0 radical (unpaired) electrons. The first kappa shape index (κ1) is 16.4. The van der Waals surface area contributed by atoms with Crippen molar-refractivity contribution in [3.8, 4) is 0 Å². The molecule has 98 valence electrons. The SMILES string of the molecule is CCCO[Si](CC)(CC(C)C)OC(Cl)CC. The zero-order valence-electron chi connectivity index (χ0n) is 11.4. The molecule has 0 aliphatic rings. The summed E-state index contributed by atoms with van der Waals surface area (Å²) in [5.41, 5.74) is -0.192. The van der Waals surface area contributed by atoms with Gasteiger partial charge in [0, 0.05) is 6.61 Å². The van der Waals surface area contributed by atoms with E-state index in [2.05, 4.69) is 27.7 Å². The van der Waals surface area contributed by atoms with Crippen LogP contribution < -0.4 is 0 Å². The Morgan fingerprint density at radius 3 is 2.19 bits per heavy atom. The molecule has 0 rings (SSSR count). The lowest BCUT2D eigenvalue weighted by atomic mass is 10.3. The molecule has 0 aromatic carbocycles. The van der Waals surface area contributed by atoms with Crippen LogP contribution in [0.3, 0.4) is 0 Å². The van der Waals surface area contributed by atoms with Crippen molar-refractivity contribution in [3.63, 3.8) is 0 Å². The minimum atomic E-state index is -2.07. The summed E-state index contributed by atoms with van der Waals surface area (Å²) in [7, 11) is -2.07. The molecule has 0 aromatic heterocycles.